The van der Waals surface area contributed by atoms with E-state index in [1.54, 1.807) is 21.9 Å². The number of benzene rings is 1. The van der Waals surface area contributed by atoms with Gasteiger partial charge >= 0.3 is 0 Å². The highest BCUT2D eigenvalue weighted by atomic mass is 32.2. The average Bonchev–Trinajstić information content (AvgIpc) is 2.68. The number of rotatable bonds is 4. The van der Waals surface area contributed by atoms with Crippen LogP contribution in [0.2, 0.25) is 0 Å². The van der Waals surface area contributed by atoms with Crippen molar-refractivity contribution in [2.24, 2.45) is 0 Å². The van der Waals surface area contributed by atoms with E-state index in [-0.39, 0.29) is 22.8 Å². The highest BCUT2D eigenvalue weighted by Gasteiger charge is 2.25. The summed E-state index contributed by atoms with van der Waals surface area (Å²) in [6.07, 6.45) is 5.02. The monoisotopic (exact) mass is 393 g/mol. The standard InChI is InChI=1S/C19H27N3O4S/c1-15(23)21-11-13-22(14-12-21)19(24)16-7-9-18(10-8-16)27(25,26)20-17-5-3-2-4-6-17/h7-10,17,20H,2-6,11-14H2,1H3. The Morgan fingerprint density at radius 3 is 2.04 bits per heavy atom. The van der Waals surface area contributed by atoms with Crippen molar-refractivity contribution in [3.63, 3.8) is 0 Å². The summed E-state index contributed by atoms with van der Waals surface area (Å²) >= 11 is 0. The van der Waals surface area contributed by atoms with Crippen LogP contribution < -0.4 is 4.72 Å². The number of nitrogens with zero attached hydrogens (tertiary/aromatic N) is 2. The lowest BCUT2D eigenvalue weighted by atomic mass is 9.96. The van der Waals surface area contributed by atoms with E-state index in [4.69, 9.17) is 0 Å². The van der Waals surface area contributed by atoms with Crippen LogP contribution in [0.1, 0.15) is 49.4 Å². The summed E-state index contributed by atoms with van der Waals surface area (Å²) < 4.78 is 27.9. The van der Waals surface area contributed by atoms with Gasteiger partial charge in [-0.1, -0.05) is 19.3 Å². The highest BCUT2D eigenvalue weighted by molar-refractivity contribution is 7.89. The van der Waals surface area contributed by atoms with Crippen molar-refractivity contribution >= 4 is 21.8 Å². The smallest absolute Gasteiger partial charge is 0.253 e. The first-order valence-corrected chi connectivity index (χ1v) is 11.0. The van der Waals surface area contributed by atoms with Crippen LogP contribution in [-0.2, 0) is 14.8 Å². The van der Waals surface area contributed by atoms with Crippen LogP contribution in [0, 0.1) is 0 Å². The molecule has 8 heteroatoms. The maximum Gasteiger partial charge on any atom is 0.253 e. The first-order chi connectivity index (χ1) is 12.9. The van der Waals surface area contributed by atoms with E-state index in [1.165, 1.54) is 19.1 Å². The number of hydrogen-bond acceptors (Lipinski definition) is 4. The summed E-state index contributed by atoms with van der Waals surface area (Å²) in [5, 5.41) is 0. The zero-order valence-electron chi connectivity index (χ0n) is 15.7. The number of nitrogens with one attached hydrogen (secondary N) is 1. The molecule has 0 atom stereocenters. The summed E-state index contributed by atoms with van der Waals surface area (Å²) in [4.78, 5) is 27.6. The van der Waals surface area contributed by atoms with Gasteiger partial charge in [-0.3, -0.25) is 9.59 Å². The fourth-order valence-corrected chi connectivity index (χ4v) is 5.00. The molecule has 1 saturated carbocycles. The van der Waals surface area contributed by atoms with E-state index in [9.17, 15) is 18.0 Å². The molecule has 7 nitrogen and oxygen atoms in total. The zero-order chi connectivity index (χ0) is 19.4. The van der Waals surface area contributed by atoms with Gasteiger partial charge in [0, 0.05) is 44.7 Å². The molecule has 2 aliphatic rings. The van der Waals surface area contributed by atoms with E-state index in [0.29, 0.717) is 31.7 Å². The van der Waals surface area contributed by atoms with Crippen LogP contribution in [0.15, 0.2) is 29.2 Å². The SMILES string of the molecule is CC(=O)N1CCN(C(=O)c2ccc(S(=O)(=O)NC3CCCCC3)cc2)CC1. The number of hydrogen-bond donors (Lipinski definition) is 1. The van der Waals surface area contributed by atoms with Crippen LogP contribution in [0.25, 0.3) is 0 Å². The summed E-state index contributed by atoms with van der Waals surface area (Å²) in [5.74, 6) is -0.121. The number of piperazine rings is 1. The molecule has 0 radical (unpaired) electrons. The van der Waals surface area contributed by atoms with E-state index in [0.717, 1.165) is 32.1 Å². The number of sulfonamides is 1. The maximum absolute atomic E-state index is 12.6. The van der Waals surface area contributed by atoms with Gasteiger partial charge in [-0.05, 0) is 37.1 Å². The quantitative estimate of drug-likeness (QED) is 0.842. The van der Waals surface area contributed by atoms with Crippen molar-refractivity contribution < 1.29 is 18.0 Å². The van der Waals surface area contributed by atoms with Crippen molar-refractivity contribution in [3.05, 3.63) is 29.8 Å². The van der Waals surface area contributed by atoms with Crippen LogP contribution in [0.5, 0.6) is 0 Å². The Morgan fingerprint density at radius 1 is 0.926 bits per heavy atom. The lowest BCUT2D eigenvalue weighted by molar-refractivity contribution is -0.130. The summed E-state index contributed by atoms with van der Waals surface area (Å²) in [7, 11) is -3.56. The second kappa shape index (κ2) is 8.39. The minimum absolute atomic E-state index is 0.00244. The highest BCUT2D eigenvalue weighted by Crippen LogP contribution is 2.20. The molecule has 148 valence electrons. The topological polar surface area (TPSA) is 86.8 Å². The Bertz CT molecular complexity index is 778. The molecule has 0 aromatic heterocycles. The maximum atomic E-state index is 12.6. The Kier molecular flexibility index (Phi) is 6.16. The Labute approximate surface area is 160 Å². The largest absolute Gasteiger partial charge is 0.339 e. The minimum Gasteiger partial charge on any atom is -0.339 e. The molecule has 1 saturated heterocycles. The fraction of sp³-hybridized carbons (Fsp3) is 0.579. The Balaban J connectivity index is 1.62. The molecule has 1 aromatic rings. The average molecular weight is 394 g/mol. The third-order valence-electron chi connectivity index (χ3n) is 5.35. The van der Waals surface area contributed by atoms with Gasteiger partial charge in [0.2, 0.25) is 15.9 Å². The van der Waals surface area contributed by atoms with Crippen LogP contribution >= 0.6 is 0 Å². The molecule has 1 N–H and O–H groups in total. The van der Waals surface area contributed by atoms with Gasteiger partial charge in [0.1, 0.15) is 0 Å². The molecule has 2 amide bonds. The van der Waals surface area contributed by atoms with E-state index in [2.05, 4.69) is 4.72 Å². The van der Waals surface area contributed by atoms with Crippen LogP contribution in [-0.4, -0.2) is 62.3 Å². The molecule has 1 aromatic carbocycles. The first-order valence-electron chi connectivity index (χ1n) is 9.54. The van der Waals surface area contributed by atoms with E-state index in [1.807, 2.05) is 0 Å². The number of carbonyl (C=O) groups excluding carboxylic acids is 2. The van der Waals surface area contributed by atoms with Gasteiger partial charge in [0.25, 0.3) is 5.91 Å². The van der Waals surface area contributed by atoms with E-state index >= 15 is 0 Å². The van der Waals surface area contributed by atoms with Crippen LogP contribution in [0.3, 0.4) is 0 Å². The third-order valence-corrected chi connectivity index (χ3v) is 6.89. The molecule has 1 heterocycles. The van der Waals surface area contributed by atoms with Gasteiger partial charge in [-0.2, -0.15) is 0 Å². The van der Waals surface area contributed by atoms with Gasteiger partial charge in [-0.15, -0.1) is 0 Å². The second-order valence-corrected chi connectivity index (χ2v) is 8.99. The van der Waals surface area contributed by atoms with Crippen molar-refractivity contribution in [3.8, 4) is 0 Å². The summed E-state index contributed by atoms with van der Waals surface area (Å²) in [6, 6.07) is 6.11. The molecule has 1 aliphatic heterocycles. The molecule has 0 bridgehead atoms. The molecule has 2 fully saturated rings. The molecule has 3 rings (SSSR count). The predicted molar refractivity (Wildman–Crippen MR) is 102 cm³/mol. The molecule has 0 unspecified atom stereocenters. The second-order valence-electron chi connectivity index (χ2n) is 7.28. The van der Waals surface area contributed by atoms with Gasteiger partial charge in [-0.25, -0.2) is 13.1 Å². The van der Waals surface area contributed by atoms with Gasteiger partial charge in [0.15, 0.2) is 0 Å². The van der Waals surface area contributed by atoms with Gasteiger partial charge < -0.3 is 9.80 Å². The predicted octanol–water partition coefficient (Wildman–Crippen LogP) is 1.60. The molecular formula is C19H27N3O4S. The van der Waals surface area contributed by atoms with Crippen molar-refractivity contribution in [1.82, 2.24) is 14.5 Å². The first kappa shape index (κ1) is 19.8. The molecule has 0 spiro atoms. The lowest BCUT2D eigenvalue weighted by Gasteiger charge is -2.34. The minimum atomic E-state index is -3.56. The summed E-state index contributed by atoms with van der Waals surface area (Å²) in [5.41, 5.74) is 0.461. The molecular weight excluding hydrogens is 366 g/mol. The number of amides is 2. The normalized spacial score (nSPS) is 19.1. The number of carbonyl (C=O) groups is 2. The van der Waals surface area contributed by atoms with Crippen molar-refractivity contribution in [2.45, 2.75) is 50.0 Å². The van der Waals surface area contributed by atoms with Gasteiger partial charge in [0.05, 0.1) is 4.90 Å². The third kappa shape index (κ3) is 4.87. The van der Waals surface area contributed by atoms with Crippen LogP contribution in [0.4, 0.5) is 0 Å². The molecule has 27 heavy (non-hydrogen) atoms. The fourth-order valence-electron chi connectivity index (χ4n) is 3.69. The lowest BCUT2D eigenvalue weighted by Crippen LogP contribution is -2.50. The van der Waals surface area contributed by atoms with Crippen molar-refractivity contribution in [2.75, 3.05) is 26.2 Å². The zero-order valence-corrected chi connectivity index (χ0v) is 16.5. The molecule has 1 aliphatic carbocycles. The van der Waals surface area contributed by atoms with Crippen molar-refractivity contribution in [1.29, 1.82) is 0 Å². The Morgan fingerprint density at radius 2 is 1.48 bits per heavy atom. The summed E-state index contributed by atoms with van der Waals surface area (Å²) in [6.45, 7) is 3.55. The Hall–Kier alpha value is -1.93. The van der Waals surface area contributed by atoms with E-state index < -0.39 is 10.0 Å².